The summed E-state index contributed by atoms with van der Waals surface area (Å²) in [6.07, 6.45) is 1.70. The molecule has 2 aromatic rings. The van der Waals surface area contributed by atoms with Gasteiger partial charge in [-0.3, -0.25) is 0 Å². The highest BCUT2D eigenvalue weighted by Crippen LogP contribution is 2.10. The van der Waals surface area contributed by atoms with Crippen molar-refractivity contribution in [3.05, 3.63) is 66.0 Å². The quantitative estimate of drug-likeness (QED) is 0.767. The number of nitrogens with one attached hydrogen (secondary N) is 1. The van der Waals surface area contributed by atoms with Crippen molar-refractivity contribution >= 4 is 5.69 Å². The van der Waals surface area contributed by atoms with Gasteiger partial charge in [-0.1, -0.05) is 36.4 Å². The Morgan fingerprint density at radius 3 is 2.35 bits per heavy atom. The van der Waals surface area contributed by atoms with Crippen molar-refractivity contribution < 1.29 is 4.39 Å². The molecular weight excluding hydrogens is 213 g/mol. The summed E-state index contributed by atoms with van der Waals surface area (Å²) in [6.45, 7) is 0.859. The summed E-state index contributed by atoms with van der Waals surface area (Å²) in [5.41, 5.74) is 1.91. The first-order valence-electron chi connectivity index (χ1n) is 5.88. The van der Waals surface area contributed by atoms with E-state index in [0.717, 1.165) is 30.6 Å². The average Bonchev–Trinajstić information content (AvgIpc) is 2.38. The van der Waals surface area contributed by atoms with E-state index in [9.17, 15) is 4.39 Å². The van der Waals surface area contributed by atoms with Crippen molar-refractivity contribution in [3.63, 3.8) is 0 Å². The summed E-state index contributed by atoms with van der Waals surface area (Å²) in [5, 5.41) is 3.31. The van der Waals surface area contributed by atoms with Gasteiger partial charge >= 0.3 is 0 Å². The predicted octanol–water partition coefficient (Wildman–Crippen LogP) is 3.87. The Morgan fingerprint density at radius 1 is 0.882 bits per heavy atom. The van der Waals surface area contributed by atoms with E-state index < -0.39 is 0 Å². The minimum Gasteiger partial charge on any atom is -0.385 e. The molecule has 0 radical (unpaired) electrons. The van der Waals surface area contributed by atoms with E-state index in [1.165, 1.54) is 6.07 Å². The van der Waals surface area contributed by atoms with Crippen LogP contribution in [0.15, 0.2) is 54.6 Å². The first kappa shape index (κ1) is 11.6. The summed E-state index contributed by atoms with van der Waals surface area (Å²) >= 11 is 0. The molecule has 0 saturated carbocycles. The van der Waals surface area contributed by atoms with E-state index in [4.69, 9.17) is 0 Å². The molecule has 1 N–H and O–H groups in total. The fourth-order valence-corrected chi connectivity index (χ4v) is 1.77. The highest BCUT2D eigenvalue weighted by molar-refractivity contribution is 5.42. The summed E-state index contributed by atoms with van der Waals surface area (Å²) in [7, 11) is 0. The molecule has 0 amide bonds. The van der Waals surface area contributed by atoms with Crippen LogP contribution in [-0.2, 0) is 6.42 Å². The summed E-state index contributed by atoms with van der Waals surface area (Å²) in [4.78, 5) is 0. The predicted molar refractivity (Wildman–Crippen MR) is 69.7 cm³/mol. The van der Waals surface area contributed by atoms with Gasteiger partial charge in [0.25, 0.3) is 0 Å². The van der Waals surface area contributed by atoms with Gasteiger partial charge in [-0.15, -0.1) is 0 Å². The van der Waals surface area contributed by atoms with E-state index >= 15 is 0 Å². The molecule has 0 aliphatic carbocycles. The second kappa shape index (κ2) is 6.04. The Kier molecular flexibility index (Phi) is 4.14. The van der Waals surface area contributed by atoms with E-state index in [2.05, 4.69) is 5.32 Å². The van der Waals surface area contributed by atoms with Crippen LogP contribution in [-0.4, -0.2) is 6.54 Å². The molecule has 0 spiro atoms. The largest absolute Gasteiger partial charge is 0.385 e. The van der Waals surface area contributed by atoms with Gasteiger partial charge in [-0.05, 0) is 36.6 Å². The molecule has 0 bridgehead atoms. The zero-order valence-electron chi connectivity index (χ0n) is 9.70. The van der Waals surface area contributed by atoms with Gasteiger partial charge in [-0.2, -0.15) is 0 Å². The molecule has 0 unspecified atom stereocenters. The highest BCUT2D eigenvalue weighted by atomic mass is 19.1. The fourth-order valence-electron chi connectivity index (χ4n) is 1.77. The van der Waals surface area contributed by atoms with Gasteiger partial charge in [0.05, 0.1) is 0 Å². The lowest BCUT2D eigenvalue weighted by molar-refractivity contribution is 0.606. The molecule has 2 aromatic carbocycles. The number of para-hydroxylation sites is 1. The Morgan fingerprint density at radius 2 is 1.59 bits per heavy atom. The van der Waals surface area contributed by atoms with Crippen LogP contribution in [0.3, 0.4) is 0 Å². The Labute approximate surface area is 101 Å². The summed E-state index contributed by atoms with van der Waals surface area (Å²) < 4.78 is 13.3. The topological polar surface area (TPSA) is 12.0 Å². The molecule has 1 nitrogen and oxygen atoms in total. The van der Waals surface area contributed by atoms with Crippen LogP contribution in [0.1, 0.15) is 12.0 Å². The third-order valence-electron chi connectivity index (χ3n) is 2.68. The van der Waals surface area contributed by atoms with Gasteiger partial charge in [0.2, 0.25) is 0 Å². The zero-order chi connectivity index (χ0) is 11.9. The molecule has 0 atom stereocenters. The number of aryl methyl sites for hydroxylation is 1. The van der Waals surface area contributed by atoms with Gasteiger partial charge in [0, 0.05) is 12.2 Å². The SMILES string of the molecule is Fc1ccccc1CCCNc1ccccc1. The molecule has 0 saturated heterocycles. The lowest BCUT2D eigenvalue weighted by Crippen LogP contribution is -2.03. The molecule has 0 aliphatic heterocycles. The molecule has 0 aliphatic rings. The highest BCUT2D eigenvalue weighted by Gasteiger charge is 1.99. The summed E-state index contributed by atoms with van der Waals surface area (Å²) in [5.74, 6) is -0.104. The van der Waals surface area contributed by atoms with Crippen LogP contribution in [0.25, 0.3) is 0 Å². The number of hydrogen-bond acceptors (Lipinski definition) is 1. The van der Waals surface area contributed by atoms with E-state index in [-0.39, 0.29) is 5.82 Å². The van der Waals surface area contributed by atoms with Crippen LogP contribution in [0.5, 0.6) is 0 Å². The second-order valence-electron chi connectivity index (χ2n) is 3.99. The van der Waals surface area contributed by atoms with Crippen LogP contribution >= 0.6 is 0 Å². The maximum absolute atomic E-state index is 13.3. The van der Waals surface area contributed by atoms with Crippen molar-refractivity contribution in [2.75, 3.05) is 11.9 Å². The molecule has 0 fully saturated rings. The fraction of sp³-hybridized carbons (Fsp3) is 0.200. The molecule has 2 rings (SSSR count). The minimum absolute atomic E-state index is 0.104. The Hall–Kier alpha value is -1.83. The third kappa shape index (κ3) is 3.59. The van der Waals surface area contributed by atoms with Crippen LogP contribution in [0.2, 0.25) is 0 Å². The minimum atomic E-state index is -0.104. The van der Waals surface area contributed by atoms with Gasteiger partial charge in [0.15, 0.2) is 0 Å². The van der Waals surface area contributed by atoms with Crippen molar-refractivity contribution in [3.8, 4) is 0 Å². The lowest BCUT2D eigenvalue weighted by atomic mass is 10.1. The molecule has 0 aromatic heterocycles. The Balaban J connectivity index is 1.76. The van der Waals surface area contributed by atoms with Crippen molar-refractivity contribution in [1.29, 1.82) is 0 Å². The number of halogens is 1. The first-order valence-corrected chi connectivity index (χ1v) is 5.88. The van der Waals surface area contributed by atoms with Gasteiger partial charge in [0.1, 0.15) is 5.82 Å². The first-order chi connectivity index (χ1) is 8.36. The van der Waals surface area contributed by atoms with E-state index in [1.54, 1.807) is 6.07 Å². The molecular formula is C15H16FN. The number of anilines is 1. The maximum Gasteiger partial charge on any atom is 0.126 e. The lowest BCUT2D eigenvalue weighted by Gasteiger charge is -2.06. The number of benzene rings is 2. The van der Waals surface area contributed by atoms with Crippen LogP contribution in [0.4, 0.5) is 10.1 Å². The maximum atomic E-state index is 13.3. The van der Waals surface area contributed by atoms with Crippen LogP contribution < -0.4 is 5.32 Å². The van der Waals surface area contributed by atoms with Gasteiger partial charge < -0.3 is 5.32 Å². The molecule has 17 heavy (non-hydrogen) atoms. The molecule has 2 heteroatoms. The summed E-state index contributed by atoms with van der Waals surface area (Å²) in [6, 6.07) is 17.0. The number of hydrogen-bond donors (Lipinski definition) is 1. The zero-order valence-corrected chi connectivity index (χ0v) is 9.70. The Bertz CT molecular complexity index is 453. The second-order valence-corrected chi connectivity index (χ2v) is 3.99. The third-order valence-corrected chi connectivity index (χ3v) is 2.68. The number of rotatable bonds is 5. The van der Waals surface area contributed by atoms with Gasteiger partial charge in [-0.25, -0.2) is 4.39 Å². The van der Waals surface area contributed by atoms with E-state index in [0.29, 0.717) is 0 Å². The average molecular weight is 229 g/mol. The normalized spacial score (nSPS) is 10.2. The van der Waals surface area contributed by atoms with Crippen molar-refractivity contribution in [2.45, 2.75) is 12.8 Å². The van der Waals surface area contributed by atoms with Crippen molar-refractivity contribution in [1.82, 2.24) is 0 Å². The molecule has 88 valence electrons. The van der Waals surface area contributed by atoms with E-state index in [1.807, 2.05) is 42.5 Å². The standard InChI is InChI=1S/C15H16FN/c16-15-11-5-4-7-13(15)8-6-12-17-14-9-2-1-3-10-14/h1-5,7,9-11,17H,6,8,12H2. The smallest absolute Gasteiger partial charge is 0.126 e. The monoisotopic (exact) mass is 229 g/mol. The molecule has 0 heterocycles. The van der Waals surface area contributed by atoms with Crippen LogP contribution in [0, 0.1) is 5.82 Å². The van der Waals surface area contributed by atoms with Crippen molar-refractivity contribution in [2.24, 2.45) is 0 Å².